The molecular formula is C23H21N3O4. The summed E-state index contributed by atoms with van der Waals surface area (Å²) < 4.78 is 7.30. The normalized spacial score (nSPS) is 18.1. The summed E-state index contributed by atoms with van der Waals surface area (Å²) in [4.78, 5) is 37.3. The van der Waals surface area contributed by atoms with Crippen molar-refractivity contribution in [1.29, 1.82) is 0 Å². The fraction of sp³-hybridized carbons (Fsp3) is 0.174. The van der Waals surface area contributed by atoms with Crippen LogP contribution in [-0.2, 0) is 16.9 Å². The Labute approximate surface area is 173 Å². The van der Waals surface area contributed by atoms with Crippen molar-refractivity contribution in [3.8, 4) is 11.5 Å². The van der Waals surface area contributed by atoms with Gasteiger partial charge in [0.05, 0.1) is 6.54 Å². The number of imide groups is 1. The number of hydrogen-bond acceptors (Lipinski definition) is 4. The lowest BCUT2D eigenvalue weighted by Gasteiger charge is -2.27. The highest BCUT2D eigenvalue weighted by Crippen LogP contribution is 2.30. The van der Waals surface area contributed by atoms with Crippen molar-refractivity contribution in [1.82, 2.24) is 15.2 Å². The van der Waals surface area contributed by atoms with Crippen LogP contribution in [-0.4, -0.2) is 16.5 Å². The van der Waals surface area contributed by atoms with Crippen LogP contribution in [0.15, 0.2) is 71.7 Å². The van der Waals surface area contributed by atoms with E-state index in [9.17, 15) is 14.4 Å². The first-order chi connectivity index (χ1) is 14.4. The molecule has 3 amide bonds. The third kappa shape index (κ3) is 3.57. The largest absolute Gasteiger partial charge is 0.457 e. The molecule has 1 aromatic heterocycles. The molecule has 7 nitrogen and oxygen atoms in total. The Morgan fingerprint density at radius 2 is 1.70 bits per heavy atom. The molecule has 2 aromatic carbocycles. The first-order valence-corrected chi connectivity index (χ1v) is 9.52. The van der Waals surface area contributed by atoms with Gasteiger partial charge in [-0.15, -0.1) is 0 Å². The fourth-order valence-corrected chi connectivity index (χ4v) is 3.56. The van der Waals surface area contributed by atoms with Gasteiger partial charge in [-0.25, -0.2) is 4.79 Å². The van der Waals surface area contributed by atoms with Gasteiger partial charge >= 0.3 is 6.03 Å². The maximum Gasteiger partial charge on any atom is 0.322 e. The summed E-state index contributed by atoms with van der Waals surface area (Å²) in [5, 5.41) is 4.99. The second-order valence-corrected chi connectivity index (χ2v) is 7.38. The molecule has 2 N–H and O–H groups in total. The van der Waals surface area contributed by atoms with Gasteiger partial charge in [-0.1, -0.05) is 30.3 Å². The summed E-state index contributed by atoms with van der Waals surface area (Å²) in [6, 6.07) is 17.4. The van der Waals surface area contributed by atoms with Gasteiger partial charge in [0.15, 0.2) is 5.54 Å². The van der Waals surface area contributed by atoms with E-state index in [4.69, 9.17) is 4.74 Å². The predicted octanol–water partition coefficient (Wildman–Crippen LogP) is 2.99. The molecule has 0 radical (unpaired) electrons. The molecule has 1 saturated heterocycles. The summed E-state index contributed by atoms with van der Waals surface area (Å²) in [6.45, 7) is 3.66. The molecule has 0 aliphatic carbocycles. The van der Waals surface area contributed by atoms with Gasteiger partial charge in [0, 0.05) is 11.8 Å². The topological polar surface area (TPSA) is 89.4 Å². The number of ether oxygens (including phenoxy) is 1. The summed E-state index contributed by atoms with van der Waals surface area (Å²) in [5.41, 5.74) is 0.577. The summed E-state index contributed by atoms with van der Waals surface area (Å²) in [5.74, 6) is 0.793. The maximum absolute atomic E-state index is 12.8. The van der Waals surface area contributed by atoms with E-state index in [0.717, 1.165) is 5.56 Å². The fourth-order valence-electron chi connectivity index (χ4n) is 3.56. The van der Waals surface area contributed by atoms with Crippen molar-refractivity contribution in [3.05, 3.63) is 93.9 Å². The number of carbonyl (C=O) groups excluding carboxylic acids is 2. The number of benzene rings is 2. The van der Waals surface area contributed by atoms with E-state index < -0.39 is 17.5 Å². The van der Waals surface area contributed by atoms with Crippen molar-refractivity contribution < 1.29 is 14.3 Å². The first-order valence-electron chi connectivity index (χ1n) is 9.52. The minimum Gasteiger partial charge on any atom is -0.457 e. The SMILES string of the molecule is Cc1cccc(Oc2ccc(C3(Cn4cccc(C)c4=O)NC(=O)NC3=O)cc2)c1. The first kappa shape index (κ1) is 19.4. The Morgan fingerprint density at radius 3 is 2.37 bits per heavy atom. The zero-order valence-electron chi connectivity index (χ0n) is 16.6. The smallest absolute Gasteiger partial charge is 0.322 e. The zero-order valence-corrected chi connectivity index (χ0v) is 16.6. The number of aryl methyl sites for hydroxylation is 2. The number of rotatable bonds is 5. The van der Waals surface area contributed by atoms with Crippen LogP contribution < -0.4 is 20.9 Å². The minimum atomic E-state index is -1.39. The van der Waals surface area contributed by atoms with Crippen LogP contribution in [0, 0.1) is 13.8 Å². The van der Waals surface area contributed by atoms with Crippen LogP contribution in [0.2, 0.25) is 0 Å². The van der Waals surface area contributed by atoms with Crippen LogP contribution in [0.25, 0.3) is 0 Å². The Balaban J connectivity index is 1.68. The van der Waals surface area contributed by atoms with Crippen molar-refractivity contribution in [2.45, 2.75) is 25.9 Å². The Bertz CT molecular complexity index is 1180. The molecule has 3 aromatic rings. The molecule has 152 valence electrons. The van der Waals surface area contributed by atoms with Gasteiger partial charge < -0.3 is 14.6 Å². The Hall–Kier alpha value is -3.87. The average Bonchev–Trinajstić information content (AvgIpc) is 3.00. The van der Waals surface area contributed by atoms with Gasteiger partial charge in [-0.2, -0.15) is 0 Å². The van der Waals surface area contributed by atoms with Crippen LogP contribution >= 0.6 is 0 Å². The van der Waals surface area contributed by atoms with Crippen LogP contribution in [0.4, 0.5) is 4.79 Å². The highest BCUT2D eigenvalue weighted by molar-refractivity contribution is 6.07. The van der Waals surface area contributed by atoms with Crippen molar-refractivity contribution in [2.24, 2.45) is 0 Å². The number of carbonyl (C=O) groups is 2. The Morgan fingerprint density at radius 1 is 0.933 bits per heavy atom. The molecule has 1 atom stereocenters. The minimum absolute atomic E-state index is 0.0246. The third-order valence-corrected chi connectivity index (χ3v) is 5.13. The molecular weight excluding hydrogens is 382 g/mol. The highest BCUT2D eigenvalue weighted by Gasteiger charge is 2.48. The van der Waals surface area contributed by atoms with E-state index in [-0.39, 0.29) is 12.1 Å². The molecule has 0 saturated carbocycles. The molecule has 2 heterocycles. The number of nitrogens with zero attached hydrogens (tertiary/aromatic N) is 1. The predicted molar refractivity (Wildman–Crippen MR) is 111 cm³/mol. The lowest BCUT2D eigenvalue weighted by atomic mass is 9.89. The third-order valence-electron chi connectivity index (χ3n) is 5.13. The molecule has 7 heteroatoms. The zero-order chi connectivity index (χ0) is 21.3. The molecule has 30 heavy (non-hydrogen) atoms. The van der Waals surface area contributed by atoms with Gasteiger partial charge in [-0.3, -0.25) is 14.9 Å². The average molecular weight is 403 g/mol. The molecule has 0 spiro atoms. The number of amides is 3. The summed E-state index contributed by atoms with van der Waals surface area (Å²) in [6.07, 6.45) is 1.60. The molecule has 4 rings (SSSR count). The van der Waals surface area contributed by atoms with E-state index >= 15 is 0 Å². The van der Waals surface area contributed by atoms with Gasteiger partial charge in [-0.05, 0) is 55.3 Å². The highest BCUT2D eigenvalue weighted by atomic mass is 16.5. The van der Waals surface area contributed by atoms with Crippen molar-refractivity contribution in [2.75, 3.05) is 0 Å². The molecule has 1 unspecified atom stereocenters. The molecule has 1 aliphatic rings. The quantitative estimate of drug-likeness (QED) is 0.641. The van der Waals surface area contributed by atoms with Crippen LogP contribution in [0.5, 0.6) is 11.5 Å². The number of hydrogen-bond donors (Lipinski definition) is 2. The lowest BCUT2D eigenvalue weighted by molar-refractivity contribution is -0.124. The van der Waals surface area contributed by atoms with E-state index in [1.807, 2.05) is 31.2 Å². The van der Waals surface area contributed by atoms with Gasteiger partial charge in [0.25, 0.3) is 11.5 Å². The van der Waals surface area contributed by atoms with Crippen LogP contribution in [0.3, 0.4) is 0 Å². The maximum atomic E-state index is 12.8. The number of nitrogens with one attached hydrogen (secondary N) is 2. The second kappa shape index (κ2) is 7.51. The number of aromatic nitrogens is 1. The van der Waals surface area contributed by atoms with Crippen LogP contribution in [0.1, 0.15) is 16.7 Å². The summed E-state index contributed by atoms with van der Waals surface area (Å²) >= 11 is 0. The Kier molecular flexibility index (Phi) is 4.87. The number of pyridine rings is 1. The molecule has 1 aliphatic heterocycles. The van der Waals surface area contributed by atoms with E-state index in [0.29, 0.717) is 22.6 Å². The van der Waals surface area contributed by atoms with Crippen molar-refractivity contribution in [3.63, 3.8) is 0 Å². The molecule has 0 bridgehead atoms. The van der Waals surface area contributed by atoms with E-state index in [2.05, 4.69) is 10.6 Å². The number of urea groups is 1. The van der Waals surface area contributed by atoms with E-state index in [1.54, 1.807) is 49.5 Å². The standard InChI is InChI=1S/C23H21N3O4/c1-15-5-3-7-19(13-15)30-18-10-8-17(9-11-18)23(21(28)24-22(29)25-23)14-26-12-4-6-16(2)20(26)27/h3-13H,14H2,1-2H3,(H2,24,25,28,29). The molecule has 1 fully saturated rings. The van der Waals surface area contributed by atoms with Crippen molar-refractivity contribution >= 4 is 11.9 Å². The van der Waals surface area contributed by atoms with Gasteiger partial charge in [0.2, 0.25) is 0 Å². The van der Waals surface area contributed by atoms with E-state index in [1.165, 1.54) is 4.57 Å². The van der Waals surface area contributed by atoms with Gasteiger partial charge in [0.1, 0.15) is 11.5 Å². The monoisotopic (exact) mass is 403 g/mol. The lowest BCUT2D eigenvalue weighted by Crippen LogP contribution is -2.49. The second-order valence-electron chi connectivity index (χ2n) is 7.38. The summed E-state index contributed by atoms with van der Waals surface area (Å²) in [7, 11) is 0.